The molecule has 0 aliphatic rings. The highest BCUT2D eigenvalue weighted by Gasteiger charge is 2.33. The molecule has 108 valence electrons. The molecule has 0 aliphatic carbocycles. The van der Waals surface area contributed by atoms with Gasteiger partial charge in [0.25, 0.3) is 0 Å². The minimum atomic E-state index is -4.41. The Labute approximate surface area is 140 Å². The van der Waals surface area contributed by atoms with Crippen molar-refractivity contribution in [3.63, 3.8) is 0 Å². The SMILES string of the molecule is Cc1sc(C(Cl)c2ccc(Br)c(C(F)(F)F)c2)cc1Br. The van der Waals surface area contributed by atoms with Gasteiger partial charge in [-0.25, -0.2) is 0 Å². The van der Waals surface area contributed by atoms with E-state index in [4.69, 9.17) is 11.6 Å². The first-order valence-electron chi connectivity index (χ1n) is 5.46. The summed E-state index contributed by atoms with van der Waals surface area (Å²) >= 11 is 14.1. The second kappa shape index (κ2) is 5.99. The third kappa shape index (κ3) is 3.40. The predicted molar refractivity (Wildman–Crippen MR) is 83.6 cm³/mol. The van der Waals surface area contributed by atoms with Gasteiger partial charge in [0.1, 0.15) is 0 Å². The number of thiophene rings is 1. The Morgan fingerprint density at radius 2 is 1.80 bits per heavy atom. The summed E-state index contributed by atoms with van der Waals surface area (Å²) in [6, 6.07) is 5.90. The van der Waals surface area contributed by atoms with Crippen LogP contribution in [-0.4, -0.2) is 0 Å². The lowest BCUT2D eigenvalue weighted by molar-refractivity contribution is -0.138. The van der Waals surface area contributed by atoms with Gasteiger partial charge in [0.05, 0.1) is 10.9 Å². The number of benzene rings is 1. The summed E-state index contributed by atoms with van der Waals surface area (Å²) in [7, 11) is 0. The van der Waals surface area contributed by atoms with Crippen molar-refractivity contribution >= 4 is 54.8 Å². The first-order chi connectivity index (χ1) is 9.20. The van der Waals surface area contributed by atoms with Crippen LogP contribution in [0.3, 0.4) is 0 Å². The van der Waals surface area contributed by atoms with E-state index in [1.807, 2.05) is 13.0 Å². The molecule has 1 aromatic carbocycles. The summed E-state index contributed by atoms with van der Waals surface area (Å²) in [4.78, 5) is 1.85. The van der Waals surface area contributed by atoms with E-state index in [1.54, 1.807) is 6.07 Å². The normalized spacial score (nSPS) is 13.6. The van der Waals surface area contributed by atoms with Crippen molar-refractivity contribution in [2.75, 3.05) is 0 Å². The molecule has 0 saturated heterocycles. The molecule has 0 bridgehead atoms. The van der Waals surface area contributed by atoms with Gasteiger partial charge >= 0.3 is 6.18 Å². The van der Waals surface area contributed by atoms with Crippen molar-refractivity contribution in [1.82, 2.24) is 0 Å². The Kier molecular flexibility index (Phi) is 4.89. The van der Waals surface area contributed by atoms with Gasteiger partial charge in [-0.15, -0.1) is 22.9 Å². The van der Waals surface area contributed by atoms with Crippen LogP contribution in [0, 0.1) is 6.92 Å². The minimum absolute atomic E-state index is 0.0150. The standard InChI is InChI=1S/C13H8Br2ClF3S/c1-6-10(15)5-11(20-6)12(16)7-2-3-9(14)8(4-7)13(17,18)19/h2-5,12H,1H3. The van der Waals surface area contributed by atoms with Gasteiger partial charge in [-0.2, -0.15) is 13.2 Å². The quantitative estimate of drug-likeness (QED) is 0.437. The van der Waals surface area contributed by atoms with Crippen LogP contribution < -0.4 is 0 Å². The molecule has 1 atom stereocenters. The molecule has 7 heteroatoms. The average molecular weight is 449 g/mol. The zero-order valence-corrected chi connectivity index (χ0v) is 14.8. The molecule has 0 saturated carbocycles. The van der Waals surface area contributed by atoms with Crippen LogP contribution in [0.15, 0.2) is 33.2 Å². The summed E-state index contributed by atoms with van der Waals surface area (Å²) in [5.41, 5.74) is -0.288. The molecule has 0 radical (unpaired) electrons. The molecule has 0 spiro atoms. The van der Waals surface area contributed by atoms with Crippen LogP contribution in [0.4, 0.5) is 13.2 Å². The monoisotopic (exact) mass is 446 g/mol. The van der Waals surface area contributed by atoms with Crippen molar-refractivity contribution in [2.45, 2.75) is 18.5 Å². The molecule has 2 rings (SSSR count). The highest BCUT2D eigenvalue weighted by atomic mass is 79.9. The molecular weight excluding hydrogens is 440 g/mol. The van der Waals surface area contributed by atoms with E-state index in [9.17, 15) is 13.2 Å². The van der Waals surface area contributed by atoms with E-state index in [2.05, 4.69) is 31.9 Å². The molecule has 20 heavy (non-hydrogen) atoms. The smallest absolute Gasteiger partial charge is 0.166 e. The second-order valence-electron chi connectivity index (χ2n) is 4.15. The highest BCUT2D eigenvalue weighted by molar-refractivity contribution is 9.10. The molecule has 0 fully saturated rings. The fraction of sp³-hybridized carbons (Fsp3) is 0.231. The Hall–Kier alpha value is -0.0400. The maximum atomic E-state index is 12.9. The van der Waals surface area contributed by atoms with E-state index in [0.29, 0.717) is 5.56 Å². The van der Waals surface area contributed by atoms with E-state index >= 15 is 0 Å². The van der Waals surface area contributed by atoms with Gasteiger partial charge < -0.3 is 0 Å². The fourth-order valence-electron chi connectivity index (χ4n) is 1.69. The topological polar surface area (TPSA) is 0 Å². The third-order valence-electron chi connectivity index (χ3n) is 2.71. The van der Waals surface area contributed by atoms with Gasteiger partial charge in [0.15, 0.2) is 0 Å². The Morgan fingerprint density at radius 1 is 1.15 bits per heavy atom. The van der Waals surface area contributed by atoms with Gasteiger partial charge in [-0.1, -0.05) is 22.0 Å². The summed E-state index contributed by atoms with van der Waals surface area (Å²) < 4.78 is 39.6. The van der Waals surface area contributed by atoms with E-state index in [1.165, 1.54) is 17.4 Å². The summed E-state index contributed by atoms with van der Waals surface area (Å²) in [6.07, 6.45) is -4.41. The van der Waals surface area contributed by atoms with Crippen molar-refractivity contribution in [2.24, 2.45) is 0 Å². The molecule has 2 aromatic rings. The number of alkyl halides is 4. The minimum Gasteiger partial charge on any atom is -0.166 e. The molecule has 0 N–H and O–H groups in total. The first kappa shape index (κ1) is 16.3. The van der Waals surface area contributed by atoms with Crippen LogP contribution in [0.25, 0.3) is 0 Å². The zero-order chi connectivity index (χ0) is 15.1. The predicted octanol–water partition coefficient (Wildman–Crippen LogP) is 6.93. The molecule has 0 nitrogen and oxygen atoms in total. The molecule has 0 amide bonds. The number of hydrogen-bond acceptors (Lipinski definition) is 1. The van der Waals surface area contributed by atoms with Gasteiger partial charge in [-0.3, -0.25) is 0 Å². The van der Waals surface area contributed by atoms with Crippen molar-refractivity contribution < 1.29 is 13.2 Å². The maximum Gasteiger partial charge on any atom is 0.417 e. The van der Waals surface area contributed by atoms with E-state index < -0.39 is 17.1 Å². The largest absolute Gasteiger partial charge is 0.417 e. The highest BCUT2D eigenvalue weighted by Crippen LogP contribution is 2.41. The molecular formula is C13H8Br2ClF3S. The number of aryl methyl sites for hydroxylation is 1. The zero-order valence-electron chi connectivity index (χ0n) is 10.1. The maximum absolute atomic E-state index is 12.9. The lowest BCUT2D eigenvalue weighted by atomic mass is 10.1. The first-order valence-corrected chi connectivity index (χ1v) is 8.30. The number of halogens is 6. The lowest BCUT2D eigenvalue weighted by Crippen LogP contribution is -2.07. The van der Waals surface area contributed by atoms with Crippen LogP contribution in [-0.2, 0) is 6.18 Å². The van der Waals surface area contributed by atoms with E-state index in [0.717, 1.165) is 20.3 Å². The van der Waals surface area contributed by atoms with Gasteiger partial charge in [-0.05, 0) is 46.6 Å². The molecule has 1 heterocycles. The Balaban J connectivity index is 2.43. The fourth-order valence-corrected chi connectivity index (χ4v) is 4.06. The van der Waals surface area contributed by atoms with Gasteiger partial charge in [0, 0.05) is 18.7 Å². The van der Waals surface area contributed by atoms with Crippen molar-refractivity contribution in [3.05, 3.63) is 54.1 Å². The Bertz CT molecular complexity index is 618. The molecule has 1 unspecified atom stereocenters. The van der Waals surface area contributed by atoms with Crippen LogP contribution >= 0.6 is 54.8 Å². The van der Waals surface area contributed by atoms with Gasteiger partial charge in [0.2, 0.25) is 0 Å². The summed E-state index contributed by atoms with van der Waals surface area (Å²) in [6.45, 7) is 1.92. The van der Waals surface area contributed by atoms with Crippen LogP contribution in [0.2, 0.25) is 0 Å². The summed E-state index contributed by atoms with van der Waals surface area (Å²) in [5.74, 6) is 0. The third-order valence-corrected chi connectivity index (χ3v) is 6.22. The van der Waals surface area contributed by atoms with Crippen LogP contribution in [0.1, 0.15) is 26.3 Å². The number of rotatable bonds is 2. The molecule has 1 aromatic heterocycles. The van der Waals surface area contributed by atoms with Crippen molar-refractivity contribution in [1.29, 1.82) is 0 Å². The summed E-state index contributed by atoms with van der Waals surface area (Å²) in [5, 5.41) is -0.598. The second-order valence-corrected chi connectivity index (χ2v) is 7.59. The lowest BCUT2D eigenvalue weighted by Gasteiger charge is -2.13. The van der Waals surface area contributed by atoms with Crippen molar-refractivity contribution in [3.8, 4) is 0 Å². The van der Waals surface area contributed by atoms with E-state index in [-0.39, 0.29) is 4.47 Å². The molecule has 0 aliphatic heterocycles. The number of hydrogen-bond donors (Lipinski definition) is 0. The average Bonchev–Trinajstić information content (AvgIpc) is 2.68. The van der Waals surface area contributed by atoms with Crippen LogP contribution in [0.5, 0.6) is 0 Å². The Morgan fingerprint density at radius 3 is 2.30 bits per heavy atom.